The Labute approximate surface area is 245 Å². The van der Waals surface area contributed by atoms with Gasteiger partial charge >= 0.3 is 13.9 Å². The lowest BCUT2D eigenvalue weighted by molar-refractivity contribution is -0.870. The van der Waals surface area contributed by atoms with Crippen molar-refractivity contribution in [3.05, 3.63) is 0 Å². The summed E-state index contributed by atoms with van der Waals surface area (Å²) in [5, 5.41) is 0. The SMILES string of the molecule is CCCCCCCCCCCCCCCCCCOC(=O)N1CCCC(COP(=O)(O)OCC[N+](C)(C)C)C1.[OH-]. The minimum Gasteiger partial charge on any atom is -0.870 e. The van der Waals surface area contributed by atoms with Crippen LogP contribution in [-0.2, 0) is 18.3 Å². The molecule has 1 heterocycles. The Morgan fingerprint density at radius 2 is 1.32 bits per heavy atom. The van der Waals surface area contributed by atoms with Gasteiger partial charge in [0.05, 0.1) is 34.4 Å². The lowest BCUT2D eigenvalue weighted by atomic mass is 10.00. The van der Waals surface area contributed by atoms with E-state index in [4.69, 9.17) is 13.8 Å². The second-order valence-electron chi connectivity index (χ2n) is 12.5. The summed E-state index contributed by atoms with van der Waals surface area (Å²) in [5.41, 5.74) is 0. The van der Waals surface area contributed by atoms with Crippen molar-refractivity contribution in [2.24, 2.45) is 5.92 Å². The molecule has 1 amide bonds. The van der Waals surface area contributed by atoms with Gasteiger partial charge in [-0.1, -0.05) is 103 Å². The minimum absolute atomic E-state index is 0. The van der Waals surface area contributed by atoms with Gasteiger partial charge in [-0.3, -0.25) is 9.05 Å². The van der Waals surface area contributed by atoms with E-state index in [1.165, 1.54) is 89.9 Å². The number of carbonyl (C=O) groups is 1. The molecule has 1 saturated heterocycles. The topological polar surface area (TPSA) is 115 Å². The zero-order valence-corrected chi connectivity index (χ0v) is 27.2. The summed E-state index contributed by atoms with van der Waals surface area (Å²) in [7, 11) is 1.88. The first-order valence-corrected chi connectivity index (χ1v) is 17.5. The van der Waals surface area contributed by atoms with Gasteiger partial charge in [-0.15, -0.1) is 0 Å². The summed E-state index contributed by atoms with van der Waals surface area (Å²) < 4.78 is 28.6. The maximum Gasteiger partial charge on any atom is 0.472 e. The largest absolute Gasteiger partial charge is 0.870 e. The molecule has 2 N–H and O–H groups in total. The fraction of sp³-hybridized carbons (Fsp3) is 0.967. The van der Waals surface area contributed by atoms with E-state index in [-0.39, 0.29) is 30.7 Å². The summed E-state index contributed by atoms with van der Waals surface area (Å²) in [5.74, 6) is 0.00400. The van der Waals surface area contributed by atoms with E-state index in [0.29, 0.717) is 30.7 Å². The highest BCUT2D eigenvalue weighted by Crippen LogP contribution is 2.44. The second kappa shape index (κ2) is 23.8. The fourth-order valence-electron chi connectivity index (χ4n) is 4.93. The number of carbonyl (C=O) groups excluding carboxylic acids is 1. The Bertz CT molecular complexity index is 660. The Balaban J connectivity index is 0.0000152. The molecule has 1 aliphatic heterocycles. The summed E-state index contributed by atoms with van der Waals surface area (Å²) in [6.45, 7) is 4.73. The van der Waals surface area contributed by atoms with Gasteiger partial charge in [0.2, 0.25) is 0 Å². The molecule has 9 nitrogen and oxygen atoms in total. The summed E-state index contributed by atoms with van der Waals surface area (Å²) in [4.78, 5) is 24.1. The van der Waals surface area contributed by atoms with Crippen molar-refractivity contribution in [1.29, 1.82) is 0 Å². The molecule has 0 spiro atoms. The lowest BCUT2D eigenvalue weighted by Crippen LogP contribution is -2.41. The van der Waals surface area contributed by atoms with Crippen molar-refractivity contribution in [3.8, 4) is 0 Å². The van der Waals surface area contributed by atoms with E-state index in [2.05, 4.69) is 6.92 Å². The minimum atomic E-state index is -4.08. The van der Waals surface area contributed by atoms with Gasteiger partial charge in [-0.2, -0.15) is 0 Å². The van der Waals surface area contributed by atoms with E-state index in [0.717, 1.165) is 25.7 Å². The van der Waals surface area contributed by atoms with Crippen LogP contribution in [0.2, 0.25) is 0 Å². The highest BCUT2D eigenvalue weighted by Gasteiger charge is 2.29. The van der Waals surface area contributed by atoms with Gasteiger partial charge in [-0.25, -0.2) is 9.36 Å². The standard InChI is InChI=1S/C30H61N2O6P.H2O/c1-5-6-7-8-9-10-11-12-13-14-15-16-17-18-19-20-25-36-30(33)31-23-21-22-29(27-31)28-38-39(34,35)37-26-24-32(2,3)4;/h29H,5-28H2,1-4H3;1H2. The number of amides is 1. The normalized spacial score (nSPS) is 17.3. The summed E-state index contributed by atoms with van der Waals surface area (Å²) in [6.07, 6.45) is 22.5. The molecule has 1 fully saturated rings. The predicted molar refractivity (Wildman–Crippen MR) is 162 cm³/mol. The third-order valence-corrected chi connectivity index (χ3v) is 8.47. The molecule has 0 aromatic carbocycles. The molecule has 1 rings (SSSR count). The third kappa shape index (κ3) is 22.9. The maximum absolute atomic E-state index is 12.5. The first kappa shape index (κ1) is 39.3. The summed E-state index contributed by atoms with van der Waals surface area (Å²) in [6, 6.07) is 0. The van der Waals surface area contributed by atoms with Gasteiger partial charge in [0.1, 0.15) is 13.2 Å². The first-order valence-electron chi connectivity index (χ1n) is 16.0. The van der Waals surface area contributed by atoms with Gasteiger partial charge in [0.25, 0.3) is 0 Å². The van der Waals surface area contributed by atoms with Gasteiger partial charge in [0, 0.05) is 19.0 Å². The molecule has 10 heteroatoms. The fourth-order valence-corrected chi connectivity index (χ4v) is 5.72. The van der Waals surface area contributed by atoms with Crippen molar-refractivity contribution in [3.63, 3.8) is 0 Å². The number of rotatable bonds is 24. The summed E-state index contributed by atoms with van der Waals surface area (Å²) >= 11 is 0. The Kier molecular flexibility index (Phi) is 23.4. The number of quaternary nitrogens is 1. The first-order chi connectivity index (χ1) is 18.6. The van der Waals surface area contributed by atoms with Crippen molar-refractivity contribution in [1.82, 2.24) is 4.90 Å². The number of unbranched alkanes of at least 4 members (excludes halogenated alkanes) is 15. The van der Waals surface area contributed by atoms with E-state index in [9.17, 15) is 14.3 Å². The van der Waals surface area contributed by atoms with Crippen molar-refractivity contribution in [2.75, 3.05) is 60.6 Å². The highest BCUT2D eigenvalue weighted by atomic mass is 31.2. The molecule has 1 aliphatic rings. The average molecular weight is 595 g/mol. The van der Waals surface area contributed by atoms with Crippen molar-refractivity contribution < 1.29 is 38.0 Å². The molecule has 2 atom stereocenters. The Morgan fingerprint density at radius 3 is 1.82 bits per heavy atom. The zero-order valence-electron chi connectivity index (χ0n) is 26.3. The number of hydrogen-bond acceptors (Lipinski definition) is 6. The Hall–Kier alpha value is -0.700. The van der Waals surface area contributed by atoms with E-state index in [1.54, 1.807) is 4.90 Å². The van der Waals surface area contributed by atoms with Crippen LogP contribution in [-0.4, -0.2) is 86.4 Å². The second-order valence-corrected chi connectivity index (χ2v) is 13.9. The maximum atomic E-state index is 12.5. The molecular formula is C30H63N2O7P. The molecular weight excluding hydrogens is 531 g/mol. The molecule has 40 heavy (non-hydrogen) atoms. The van der Waals surface area contributed by atoms with Crippen LogP contribution in [0.15, 0.2) is 0 Å². The monoisotopic (exact) mass is 594 g/mol. The molecule has 0 saturated carbocycles. The predicted octanol–water partition coefficient (Wildman–Crippen LogP) is 7.76. The highest BCUT2D eigenvalue weighted by molar-refractivity contribution is 7.47. The van der Waals surface area contributed by atoms with E-state index < -0.39 is 7.82 Å². The van der Waals surface area contributed by atoms with Crippen molar-refractivity contribution in [2.45, 2.75) is 122 Å². The van der Waals surface area contributed by atoms with Crippen LogP contribution >= 0.6 is 7.82 Å². The zero-order chi connectivity index (χ0) is 28.8. The molecule has 0 radical (unpaired) electrons. The number of phosphoric ester groups is 1. The number of hydrogen-bond donors (Lipinski definition) is 1. The third-order valence-electron chi connectivity index (χ3n) is 7.49. The van der Waals surface area contributed by atoms with E-state index >= 15 is 0 Å². The number of likely N-dealkylation sites (tertiary alicyclic amines) is 1. The van der Waals surface area contributed by atoms with Crippen LogP contribution in [0.3, 0.4) is 0 Å². The Morgan fingerprint density at radius 1 is 0.825 bits per heavy atom. The number of nitrogens with zero attached hydrogens (tertiary/aromatic N) is 2. The molecule has 0 aromatic rings. The van der Waals surface area contributed by atoms with Gasteiger partial charge < -0.3 is 24.5 Å². The van der Waals surface area contributed by atoms with E-state index in [1.807, 2.05) is 21.1 Å². The number of phosphoric acid groups is 1. The lowest BCUT2D eigenvalue weighted by Gasteiger charge is -2.32. The molecule has 0 bridgehead atoms. The molecule has 240 valence electrons. The van der Waals surface area contributed by atoms with Crippen molar-refractivity contribution >= 4 is 13.9 Å². The molecule has 2 unspecified atom stereocenters. The van der Waals surface area contributed by atoms with Crippen LogP contribution in [0.4, 0.5) is 4.79 Å². The number of ether oxygens (including phenoxy) is 1. The van der Waals surface area contributed by atoms with Gasteiger partial charge in [-0.05, 0) is 19.3 Å². The number of likely N-dealkylation sites (N-methyl/N-ethyl adjacent to an activating group) is 1. The van der Waals surface area contributed by atoms with Crippen LogP contribution in [0.25, 0.3) is 0 Å². The average Bonchev–Trinajstić information content (AvgIpc) is 2.88. The molecule has 0 aliphatic carbocycles. The van der Waals surface area contributed by atoms with Crippen LogP contribution < -0.4 is 0 Å². The number of piperidine rings is 1. The quantitative estimate of drug-likeness (QED) is 0.0690. The smallest absolute Gasteiger partial charge is 0.472 e. The van der Waals surface area contributed by atoms with Crippen LogP contribution in [0.5, 0.6) is 0 Å². The van der Waals surface area contributed by atoms with Crippen LogP contribution in [0.1, 0.15) is 122 Å². The van der Waals surface area contributed by atoms with Gasteiger partial charge in [0.15, 0.2) is 0 Å². The van der Waals surface area contributed by atoms with Crippen LogP contribution in [0, 0.1) is 5.92 Å². The molecule has 0 aromatic heterocycles.